The third-order valence-electron chi connectivity index (χ3n) is 3.30. The number of rotatable bonds is 6. The minimum atomic E-state index is 0.708. The third kappa shape index (κ3) is 3.49. The molecule has 0 fully saturated rings. The molecule has 1 N–H and O–H groups in total. The maximum Gasteiger partial charge on any atom is 0.137 e. The van der Waals surface area contributed by atoms with Crippen molar-refractivity contribution in [3.63, 3.8) is 0 Å². The van der Waals surface area contributed by atoms with Crippen molar-refractivity contribution in [2.24, 2.45) is 0 Å². The number of hydrogen-bond acceptors (Lipinski definition) is 4. The molecule has 6 heteroatoms. The Morgan fingerprint density at radius 1 is 1.19 bits per heavy atom. The lowest BCUT2D eigenvalue weighted by Crippen LogP contribution is -2.05. The number of fused-ring (bicyclic) bond motifs is 1. The van der Waals surface area contributed by atoms with Crippen molar-refractivity contribution in [1.82, 2.24) is 19.7 Å². The molecule has 0 saturated heterocycles. The fourth-order valence-corrected chi connectivity index (χ4v) is 2.41. The van der Waals surface area contributed by atoms with Crippen molar-refractivity contribution >= 4 is 28.2 Å². The molecule has 0 aliphatic carbocycles. The van der Waals surface area contributed by atoms with Crippen LogP contribution in [0.15, 0.2) is 43.1 Å². The summed E-state index contributed by atoms with van der Waals surface area (Å²) in [6.07, 6.45) is 7.24. The predicted molar refractivity (Wildman–Crippen MR) is 84.5 cm³/mol. The van der Waals surface area contributed by atoms with Gasteiger partial charge in [0.25, 0.3) is 0 Å². The topological polar surface area (TPSA) is 55.6 Å². The average molecular weight is 302 g/mol. The first-order chi connectivity index (χ1) is 10.3. The van der Waals surface area contributed by atoms with Gasteiger partial charge in [-0.2, -0.15) is 5.10 Å². The number of aromatic nitrogens is 4. The van der Waals surface area contributed by atoms with Crippen molar-refractivity contribution in [2.45, 2.75) is 19.4 Å². The van der Waals surface area contributed by atoms with Gasteiger partial charge in [0.05, 0.1) is 5.52 Å². The summed E-state index contributed by atoms with van der Waals surface area (Å²) in [6.45, 7) is 1.81. The van der Waals surface area contributed by atoms with Crippen molar-refractivity contribution in [2.75, 3.05) is 11.9 Å². The van der Waals surface area contributed by atoms with Gasteiger partial charge in [-0.25, -0.2) is 4.98 Å². The van der Waals surface area contributed by atoms with Gasteiger partial charge in [0.1, 0.15) is 12.7 Å². The van der Waals surface area contributed by atoms with E-state index < -0.39 is 0 Å². The van der Waals surface area contributed by atoms with Gasteiger partial charge in [-0.3, -0.25) is 9.67 Å². The van der Waals surface area contributed by atoms with Gasteiger partial charge in [-0.1, -0.05) is 11.6 Å². The number of unbranched alkanes of at least 4 members (excludes halogenated alkanes) is 1. The second kappa shape index (κ2) is 6.54. The summed E-state index contributed by atoms with van der Waals surface area (Å²) in [5.74, 6) is 0. The number of nitrogens with one attached hydrogen (secondary N) is 1. The van der Waals surface area contributed by atoms with E-state index in [4.69, 9.17) is 11.6 Å². The first-order valence-corrected chi connectivity index (χ1v) is 7.31. The summed E-state index contributed by atoms with van der Waals surface area (Å²) in [4.78, 5) is 8.27. The molecule has 0 aliphatic rings. The molecule has 2 aromatic heterocycles. The normalized spacial score (nSPS) is 10.9. The molecule has 108 valence electrons. The summed E-state index contributed by atoms with van der Waals surface area (Å²) in [5, 5.41) is 9.35. The first kappa shape index (κ1) is 13.8. The van der Waals surface area contributed by atoms with Crippen molar-refractivity contribution in [3.05, 3.63) is 48.1 Å². The van der Waals surface area contributed by atoms with Crippen LogP contribution < -0.4 is 5.32 Å². The van der Waals surface area contributed by atoms with Gasteiger partial charge < -0.3 is 5.32 Å². The molecule has 0 aliphatic heterocycles. The van der Waals surface area contributed by atoms with Gasteiger partial charge in [0.2, 0.25) is 0 Å². The molecule has 3 aromatic rings. The summed E-state index contributed by atoms with van der Waals surface area (Å²) >= 11 is 5.99. The Labute approximate surface area is 128 Å². The quantitative estimate of drug-likeness (QED) is 0.709. The number of hydrogen-bond donors (Lipinski definition) is 1. The molecule has 0 amide bonds. The first-order valence-electron chi connectivity index (χ1n) is 6.93. The molecule has 0 radical (unpaired) electrons. The van der Waals surface area contributed by atoms with Gasteiger partial charge in [-0.15, -0.1) is 0 Å². The highest BCUT2D eigenvalue weighted by molar-refractivity contribution is 6.31. The van der Waals surface area contributed by atoms with Crippen LogP contribution in [0, 0.1) is 0 Å². The average Bonchev–Trinajstić information content (AvgIpc) is 3.00. The van der Waals surface area contributed by atoms with Crippen LogP contribution in [-0.4, -0.2) is 26.3 Å². The Hall–Kier alpha value is -2.14. The van der Waals surface area contributed by atoms with E-state index in [-0.39, 0.29) is 0 Å². The van der Waals surface area contributed by atoms with Crippen LogP contribution in [0.4, 0.5) is 5.69 Å². The smallest absolute Gasteiger partial charge is 0.137 e. The molecule has 3 rings (SSSR count). The number of halogens is 1. The number of nitrogens with zero attached hydrogens (tertiary/aromatic N) is 4. The molecule has 0 saturated carbocycles. The number of pyridine rings is 1. The fourth-order valence-electron chi connectivity index (χ4n) is 2.25. The van der Waals surface area contributed by atoms with E-state index in [0.717, 1.165) is 42.5 Å². The molecular formula is C15H16ClN5. The van der Waals surface area contributed by atoms with Crippen molar-refractivity contribution in [1.29, 1.82) is 0 Å². The molecule has 0 bridgehead atoms. The van der Waals surface area contributed by atoms with Gasteiger partial charge in [0.15, 0.2) is 0 Å². The Kier molecular flexibility index (Phi) is 4.31. The lowest BCUT2D eigenvalue weighted by Gasteiger charge is -2.09. The van der Waals surface area contributed by atoms with Crippen molar-refractivity contribution < 1.29 is 0 Å². The van der Waals surface area contributed by atoms with E-state index in [0.29, 0.717) is 5.02 Å². The minimum Gasteiger partial charge on any atom is -0.384 e. The van der Waals surface area contributed by atoms with Crippen LogP contribution in [0.5, 0.6) is 0 Å². The Bertz CT molecular complexity index is 711. The zero-order valence-corrected chi connectivity index (χ0v) is 12.3. The number of anilines is 1. The Morgan fingerprint density at radius 2 is 2.14 bits per heavy atom. The second-order valence-electron chi connectivity index (χ2n) is 4.81. The van der Waals surface area contributed by atoms with Gasteiger partial charge >= 0.3 is 0 Å². The van der Waals surface area contributed by atoms with Gasteiger partial charge in [-0.05, 0) is 37.1 Å². The van der Waals surface area contributed by atoms with Crippen LogP contribution in [-0.2, 0) is 6.54 Å². The summed E-state index contributed by atoms with van der Waals surface area (Å²) in [5.41, 5.74) is 2.01. The standard InChI is InChI=1S/C15H16ClN5/c16-12-3-4-13-14(5-7-19-15(13)9-12)18-6-1-2-8-21-11-17-10-20-21/h3-5,7,9-11H,1-2,6,8H2,(H,18,19). The van der Waals surface area contributed by atoms with E-state index in [1.165, 1.54) is 0 Å². The molecule has 2 heterocycles. The van der Waals surface area contributed by atoms with E-state index in [1.807, 2.05) is 28.9 Å². The second-order valence-corrected chi connectivity index (χ2v) is 5.25. The third-order valence-corrected chi connectivity index (χ3v) is 3.54. The highest BCUT2D eigenvalue weighted by Crippen LogP contribution is 2.24. The van der Waals surface area contributed by atoms with Crippen molar-refractivity contribution in [3.8, 4) is 0 Å². The number of aryl methyl sites for hydroxylation is 1. The molecule has 0 spiro atoms. The number of benzene rings is 1. The predicted octanol–water partition coefficient (Wildman–Crippen LogP) is 3.37. The van der Waals surface area contributed by atoms with E-state index in [2.05, 4.69) is 20.4 Å². The minimum absolute atomic E-state index is 0.708. The summed E-state index contributed by atoms with van der Waals surface area (Å²) in [6, 6.07) is 7.77. The maximum atomic E-state index is 5.99. The summed E-state index contributed by atoms with van der Waals surface area (Å²) < 4.78 is 1.85. The van der Waals surface area contributed by atoms with Gasteiger partial charge in [0, 0.05) is 35.4 Å². The molecule has 5 nitrogen and oxygen atoms in total. The van der Waals surface area contributed by atoms with E-state index in [9.17, 15) is 0 Å². The van der Waals surface area contributed by atoms with Crippen LogP contribution in [0.3, 0.4) is 0 Å². The van der Waals surface area contributed by atoms with Crippen LogP contribution in [0.25, 0.3) is 10.9 Å². The van der Waals surface area contributed by atoms with Crippen LogP contribution in [0.1, 0.15) is 12.8 Å². The Balaban J connectivity index is 1.55. The zero-order chi connectivity index (χ0) is 14.5. The molecular weight excluding hydrogens is 286 g/mol. The molecule has 1 aromatic carbocycles. The highest BCUT2D eigenvalue weighted by atomic mass is 35.5. The van der Waals surface area contributed by atoms with E-state index in [1.54, 1.807) is 18.9 Å². The largest absolute Gasteiger partial charge is 0.384 e. The lowest BCUT2D eigenvalue weighted by atomic mass is 10.2. The van der Waals surface area contributed by atoms with Crippen LogP contribution >= 0.6 is 11.6 Å². The SMILES string of the molecule is Clc1ccc2c(NCCCCn3cncn3)ccnc2c1. The molecule has 0 unspecified atom stereocenters. The van der Waals surface area contributed by atoms with Crippen LogP contribution in [0.2, 0.25) is 5.02 Å². The molecule has 21 heavy (non-hydrogen) atoms. The fraction of sp³-hybridized carbons (Fsp3) is 0.267. The molecule has 0 atom stereocenters. The monoisotopic (exact) mass is 301 g/mol. The maximum absolute atomic E-state index is 5.99. The lowest BCUT2D eigenvalue weighted by molar-refractivity contribution is 0.564. The summed E-state index contributed by atoms with van der Waals surface area (Å²) in [7, 11) is 0. The Morgan fingerprint density at radius 3 is 3.00 bits per heavy atom. The highest BCUT2D eigenvalue weighted by Gasteiger charge is 2.02. The van der Waals surface area contributed by atoms with E-state index >= 15 is 0 Å². The zero-order valence-electron chi connectivity index (χ0n) is 11.5.